The van der Waals surface area contributed by atoms with Crippen molar-refractivity contribution in [3.63, 3.8) is 0 Å². The maximum Gasteiger partial charge on any atom is 0.150 e. The molecule has 1 atom stereocenters. The standard InChI is InChI=1S/C21H19ClN4O/c1-14(27)11-23-20-19-18(15-5-3-2-4-6-15)12-26(21(19)25-13-24-20)17-9-7-16(22)8-10-17/h2-10,12-14,27H,11H2,1H3,(H,23,24,25)/t14-/m0/s1. The smallest absolute Gasteiger partial charge is 0.150 e. The predicted molar refractivity (Wildman–Crippen MR) is 109 cm³/mol. The SMILES string of the molecule is C[C@H](O)CNc1ncnc2c1c(-c1ccccc1)cn2-c1ccc(Cl)cc1. The van der Waals surface area contributed by atoms with Crippen molar-refractivity contribution in [2.45, 2.75) is 13.0 Å². The molecule has 0 aliphatic heterocycles. The minimum absolute atomic E-state index is 0.409. The van der Waals surface area contributed by atoms with Crippen molar-refractivity contribution in [1.29, 1.82) is 0 Å². The van der Waals surface area contributed by atoms with E-state index in [0.717, 1.165) is 27.8 Å². The third kappa shape index (κ3) is 3.52. The van der Waals surface area contributed by atoms with Crippen LogP contribution in [0.1, 0.15) is 6.92 Å². The molecule has 5 nitrogen and oxygen atoms in total. The highest BCUT2D eigenvalue weighted by Gasteiger charge is 2.17. The molecule has 0 spiro atoms. The molecular weight excluding hydrogens is 360 g/mol. The summed E-state index contributed by atoms with van der Waals surface area (Å²) in [5.74, 6) is 0.701. The van der Waals surface area contributed by atoms with Crippen LogP contribution in [-0.2, 0) is 0 Å². The molecule has 2 N–H and O–H groups in total. The number of nitrogens with one attached hydrogen (secondary N) is 1. The molecule has 2 heterocycles. The monoisotopic (exact) mass is 378 g/mol. The molecule has 0 saturated heterocycles. The van der Waals surface area contributed by atoms with Crippen LogP contribution in [0.5, 0.6) is 0 Å². The summed E-state index contributed by atoms with van der Waals surface area (Å²) in [5, 5.41) is 14.5. The normalized spacial score (nSPS) is 12.3. The molecule has 0 fully saturated rings. The maximum absolute atomic E-state index is 9.66. The molecule has 136 valence electrons. The van der Waals surface area contributed by atoms with E-state index in [9.17, 15) is 5.11 Å². The van der Waals surface area contributed by atoms with Crippen molar-refractivity contribution in [2.24, 2.45) is 0 Å². The lowest BCUT2D eigenvalue weighted by Crippen LogP contribution is -2.16. The number of aliphatic hydroxyl groups excluding tert-OH is 1. The second-order valence-corrected chi connectivity index (χ2v) is 6.84. The third-order valence-electron chi connectivity index (χ3n) is 4.34. The van der Waals surface area contributed by atoms with E-state index in [4.69, 9.17) is 11.6 Å². The van der Waals surface area contributed by atoms with Gasteiger partial charge in [0.1, 0.15) is 12.1 Å². The zero-order valence-electron chi connectivity index (χ0n) is 14.8. The fraction of sp³-hybridized carbons (Fsp3) is 0.143. The molecule has 4 rings (SSSR count). The van der Waals surface area contributed by atoms with Gasteiger partial charge in [0.25, 0.3) is 0 Å². The number of fused-ring (bicyclic) bond motifs is 1. The van der Waals surface area contributed by atoms with Gasteiger partial charge >= 0.3 is 0 Å². The summed E-state index contributed by atoms with van der Waals surface area (Å²) in [6.45, 7) is 2.15. The van der Waals surface area contributed by atoms with Crippen LogP contribution in [0, 0.1) is 0 Å². The van der Waals surface area contributed by atoms with Gasteiger partial charge in [0.15, 0.2) is 5.65 Å². The summed E-state index contributed by atoms with van der Waals surface area (Å²) in [5.41, 5.74) is 3.85. The Kier molecular flexibility index (Phi) is 4.79. The number of halogens is 1. The molecule has 6 heteroatoms. The lowest BCUT2D eigenvalue weighted by atomic mass is 10.1. The zero-order chi connectivity index (χ0) is 18.8. The van der Waals surface area contributed by atoms with Gasteiger partial charge in [-0.25, -0.2) is 9.97 Å². The number of aromatic nitrogens is 3. The van der Waals surface area contributed by atoms with Crippen LogP contribution in [0.4, 0.5) is 5.82 Å². The van der Waals surface area contributed by atoms with Gasteiger partial charge in [-0.05, 0) is 36.8 Å². The van der Waals surface area contributed by atoms with Crippen LogP contribution in [-0.4, -0.2) is 32.3 Å². The van der Waals surface area contributed by atoms with E-state index < -0.39 is 6.10 Å². The largest absolute Gasteiger partial charge is 0.392 e. The van der Waals surface area contributed by atoms with Crippen molar-refractivity contribution in [3.05, 3.63) is 72.1 Å². The van der Waals surface area contributed by atoms with Gasteiger partial charge in [-0.3, -0.25) is 0 Å². The summed E-state index contributed by atoms with van der Waals surface area (Å²) in [6, 6.07) is 17.8. The lowest BCUT2D eigenvalue weighted by molar-refractivity contribution is 0.208. The van der Waals surface area contributed by atoms with Crippen molar-refractivity contribution < 1.29 is 5.11 Å². The van der Waals surface area contributed by atoms with Gasteiger partial charge in [0.2, 0.25) is 0 Å². The molecule has 0 amide bonds. The highest BCUT2D eigenvalue weighted by atomic mass is 35.5. The molecule has 2 aromatic heterocycles. The Morgan fingerprint density at radius 1 is 1.07 bits per heavy atom. The highest BCUT2D eigenvalue weighted by molar-refractivity contribution is 6.30. The predicted octanol–water partition coefficient (Wildman–Crippen LogP) is 4.53. The van der Waals surface area contributed by atoms with Gasteiger partial charge in [-0.15, -0.1) is 0 Å². The van der Waals surface area contributed by atoms with Gasteiger partial charge in [0, 0.05) is 29.0 Å². The van der Waals surface area contributed by atoms with Crippen LogP contribution >= 0.6 is 11.6 Å². The van der Waals surface area contributed by atoms with E-state index >= 15 is 0 Å². The quantitative estimate of drug-likeness (QED) is 0.535. The number of nitrogens with zero attached hydrogens (tertiary/aromatic N) is 3. The molecule has 4 aromatic rings. The number of aliphatic hydroxyl groups is 1. The topological polar surface area (TPSA) is 63.0 Å². The summed E-state index contributed by atoms with van der Waals surface area (Å²) in [4.78, 5) is 8.95. The fourth-order valence-electron chi connectivity index (χ4n) is 3.08. The Balaban J connectivity index is 1.95. The molecule has 0 saturated carbocycles. The van der Waals surface area contributed by atoms with Crippen LogP contribution in [0.2, 0.25) is 5.02 Å². The fourth-order valence-corrected chi connectivity index (χ4v) is 3.20. The van der Waals surface area contributed by atoms with Crippen molar-refractivity contribution >= 4 is 28.5 Å². The second kappa shape index (κ2) is 7.39. The number of rotatable bonds is 5. The summed E-state index contributed by atoms with van der Waals surface area (Å²) >= 11 is 6.05. The summed E-state index contributed by atoms with van der Waals surface area (Å²) < 4.78 is 2.03. The molecule has 0 aliphatic rings. The Morgan fingerprint density at radius 3 is 2.52 bits per heavy atom. The lowest BCUT2D eigenvalue weighted by Gasteiger charge is -2.10. The minimum Gasteiger partial charge on any atom is -0.392 e. The summed E-state index contributed by atoms with van der Waals surface area (Å²) in [6.07, 6.45) is 3.12. The van der Waals surface area contributed by atoms with Gasteiger partial charge in [0.05, 0.1) is 11.5 Å². The van der Waals surface area contributed by atoms with Gasteiger partial charge in [-0.2, -0.15) is 0 Å². The minimum atomic E-state index is -0.478. The molecule has 0 aliphatic carbocycles. The summed E-state index contributed by atoms with van der Waals surface area (Å²) in [7, 11) is 0. The average molecular weight is 379 g/mol. The first kappa shape index (κ1) is 17.5. The van der Waals surface area contributed by atoms with Crippen molar-refractivity contribution in [3.8, 4) is 16.8 Å². The van der Waals surface area contributed by atoms with E-state index in [2.05, 4.69) is 33.6 Å². The van der Waals surface area contributed by atoms with Crippen LogP contribution in [0.15, 0.2) is 67.1 Å². The first-order valence-corrected chi connectivity index (χ1v) is 9.10. The first-order valence-electron chi connectivity index (χ1n) is 8.73. The number of hydrogen-bond acceptors (Lipinski definition) is 4. The zero-order valence-corrected chi connectivity index (χ0v) is 15.6. The number of anilines is 1. The number of benzene rings is 2. The first-order chi connectivity index (χ1) is 13.1. The molecule has 0 unspecified atom stereocenters. The highest BCUT2D eigenvalue weighted by Crippen LogP contribution is 2.35. The molecule has 0 bridgehead atoms. The van der Waals surface area contributed by atoms with E-state index in [1.807, 2.05) is 47.0 Å². The molecule has 27 heavy (non-hydrogen) atoms. The maximum atomic E-state index is 9.66. The van der Waals surface area contributed by atoms with Crippen LogP contribution < -0.4 is 5.32 Å². The van der Waals surface area contributed by atoms with Crippen molar-refractivity contribution in [1.82, 2.24) is 14.5 Å². The molecule has 2 aromatic carbocycles. The Labute approximate surface area is 162 Å². The van der Waals surface area contributed by atoms with Crippen LogP contribution in [0.25, 0.3) is 27.8 Å². The van der Waals surface area contributed by atoms with Crippen LogP contribution in [0.3, 0.4) is 0 Å². The molecular formula is C21H19ClN4O. The van der Waals surface area contributed by atoms with Gasteiger partial charge in [-0.1, -0.05) is 41.9 Å². The Bertz CT molecular complexity index is 1060. The third-order valence-corrected chi connectivity index (χ3v) is 4.59. The molecule has 0 radical (unpaired) electrons. The Hall–Kier alpha value is -2.89. The average Bonchev–Trinajstić information content (AvgIpc) is 3.08. The Morgan fingerprint density at radius 2 is 1.81 bits per heavy atom. The van der Waals surface area contributed by atoms with E-state index in [1.165, 1.54) is 6.33 Å². The van der Waals surface area contributed by atoms with Crippen molar-refractivity contribution in [2.75, 3.05) is 11.9 Å². The van der Waals surface area contributed by atoms with E-state index in [0.29, 0.717) is 17.4 Å². The number of hydrogen-bond donors (Lipinski definition) is 2. The second-order valence-electron chi connectivity index (χ2n) is 6.41. The van der Waals surface area contributed by atoms with E-state index in [-0.39, 0.29) is 0 Å². The van der Waals surface area contributed by atoms with E-state index in [1.54, 1.807) is 6.92 Å². The van der Waals surface area contributed by atoms with Gasteiger partial charge < -0.3 is 15.0 Å².